The highest BCUT2D eigenvalue weighted by atomic mass is 16.5. The Bertz CT molecular complexity index is 420. The first-order valence-corrected chi connectivity index (χ1v) is 6.94. The van der Waals surface area contributed by atoms with Crippen molar-refractivity contribution in [2.24, 2.45) is 0 Å². The summed E-state index contributed by atoms with van der Waals surface area (Å²) in [7, 11) is 1.77. The molecule has 3 atom stereocenters. The molecule has 1 aromatic heterocycles. The molecule has 104 valence electrons. The minimum Gasteiger partial charge on any atom is -0.381 e. The van der Waals surface area contributed by atoms with Crippen LogP contribution in [-0.4, -0.2) is 50.9 Å². The lowest BCUT2D eigenvalue weighted by molar-refractivity contribution is -0.138. The first kappa shape index (κ1) is 12.6. The number of ether oxygens (including phenoxy) is 1. The number of nitrogens with zero attached hydrogens (tertiary/aromatic N) is 4. The molecule has 1 amide bonds. The number of aromatic nitrogens is 3. The Labute approximate surface area is 112 Å². The zero-order valence-corrected chi connectivity index (χ0v) is 11.2. The van der Waals surface area contributed by atoms with Gasteiger partial charge in [-0.25, -0.2) is 4.98 Å². The van der Waals surface area contributed by atoms with Crippen molar-refractivity contribution in [2.75, 3.05) is 7.11 Å². The van der Waals surface area contributed by atoms with E-state index in [1.807, 2.05) is 0 Å². The van der Waals surface area contributed by atoms with Gasteiger partial charge in [0.1, 0.15) is 12.7 Å². The van der Waals surface area contributed by atoms with E-state index in [0.717, 1.165) is 25.7 Å². The molecule has 6 heteroatoms. The van der Waals surface area contributed by atoms with Gasteiger partial charge in [0.25, 0.3) is 0 Å². The Balaban J connectivity index is 1.58. The molecule has 2 saturated heterocycles. The monoisotopic (exact) mass is 264 g/mol. The van der Waals surface area contributed by atoms with Crippen molar-refractivity contribution in [1.29, 1.82) is 0 Å². The van der Waals surface area contributed by atoms with Crippen LogP contribution >= 0.6 is 0 Å². The van der Waals surface area contributed by atoms with Gasteiger partial charge < -0.3 is 9.64 Å². The first-order valence-electron chi connectivity index (χ1n) is 6.94. The summed E-state index contributed by atoms with van der Waals surface area (Å²) in [5.41, 5.74) is 0. The molecule has 6 nitrogen and oxygen atoms in total. The molecule has 1 aromatic rings. The van der Waals surface area contributed by atoms with E-state index in [-0.39, 0.29) is 5.91 Å². The Kier molecular flexibility index (Phi) is 3.50. The molecule has 0 aromatic carbocycles. The molecule has 2 fully saturated rings. The van der Waals surface area contributed by atoms with Crippen LogP contribution in [0.25, 0.3) is 0 Å². The zero-order chi connectivity index (χ0) is 13.2. The van der Waals surface area contributed by atoms with E-state index in [1.54, 1.807) is 18.1 Å². The van der Waals surface area contributed by atoms with Crippen LogP contribution in [0.3, 0.4) is 0 Å². The van der Waals surface area contributed by atoms with Crippen molar-refractivity contribution >= 4 is 5.91 Å². The molecule has 1 unspecified atom stereocenters. The molecular weight excluding hydrogens is 244 g/mol. The molecule has 0 N–H and O–H groups in total. The Hall–Kier alpha value is -1.43. The number of aryl methyl sites for hydroxylation is 1. The number of carbonyl (C=O) groups is 1. The molecule has 3 rings (SSSR count). The van der Waals surface area contributed by atoms with Gasteiger partial charge >= 0.3 is 0 Å². The number of hydrogen-bond acceptors (Lipinski definition) is 4. The van der Waals surface area contributed by atoms with E-state index < -0.39 is 0 Å². The lowest BCUT2D eigenvalue weighted by Gasteiger charge is -2.38. The molecule has 0 radical (unpaired) electrons. The van der Waals surface area contributed by atoms with Crippen molar-refractivity contribution in [2.45, 2.75) is 56.8 Å². The predicted molar refractivity (Wildman–Crippen MR) is 68.3 cm³/mol. The summed E-state index contributed by atoms with van der Waals surface area (Å²) in [5, 5.41) is 4.03. The summed E-state index contributed by atoms with van der Waals surface area (Å²) in [6.45, 7) is 0.614. The van der Waals surface area contributed by atoms with Gasteiger partial charge in [-0.1, -0.05) is 0 Å². The molecule has 0 saturated carbocycles. The summed E-state index contributed by atoms with van der Waals surface area (Å²) < 4.78 is 7.17. The van der Waals surface area contributed by atoms with Crippen LogP contribution in [0.15, 0.2) is 12.7 Å². The maximum atomic E-state index is 12.4. The van der Waals surface area contributed by atoms with Gasteiger partial charge in [0, 0.05) is 25.6 Å². The predicted octanol–water partition coefficient (Wildman–Crippen LogP) is 0.837. The second-order valence-corrected chi connectivity index (χ2v) is 5.42. The molecule has 2 bridgehead atoms. The van der Waals surface area contributed by atoms with E-state index in [1.165, 1.54) is 6.33 Å². The Morgan fingerprint density at radius 3 is 2.68 bits per heavy atom. The van der Waals surface area contributed by atoms with Gasteiger partial charge in [-0.3, -0.25) is 9.48 Å². The fraction of sp³-hybridized carbons (Fsp3) is 0.769. The van der Waals surface area contributed by atoms with Gasteiger partial charge in [0.15, 0.2) is 0 Å². The molecular formula is C13H20N4O2. The van der Waals surface area contributed by atoms with Gasteiger partial charge in [0.05, 0.1) is 12.6 Å². The summed E-state index contributed by atoms with van der Waals surface area (Å²) in [4.78, 5) is 18.4. The SMILES string of the molecule is COC1C[C@H]2CC[C@@H](C1)N2C(=O)CCn1cncn1. The fourth-order valence-electron chi connectivity index (χ4n) is 3.41. The van der Waals surface area contributed by atoms with E-state index in [9.17, 15) is 4.79 Å². The summed E-state index contributed by atoms with van der Waals surface area (Å²) >= 11 is 0. The molecule has 2 aliphatic heterocycles. The number of carbonyl (C=O) groups excluding carboxylic acids is 1. The highest BCUT2D eigenvalue weighted by molar-refractivity contribution is 5.77. The summed E-state index contributed by atoms with van der Waals surface area (Å²) in [5.74, 6) is 0.248. The smallest absolute Gasteiger partial charge is 0.224 e. The number of hydrogen-bond donors (Lipinski definition) is 0. The first-order chi connectivity index (χ1) is 9.28. The van der Waals surface area contributed by atoms with Crippen molar-refractivity contribution in [3.63, 3.8) is 0 Å². The quantitative estimate of drug-likeness (QED) is 0.808. The average Bonchev–Trinajstić information content (AvgIpc) is 3.02. The Morgan fingerprint density at radius 1 is 1.37 bits per heavy atom. The average molecular weight is 264 g/mol. The largest absolute Gasteiger partial charge is 0.381 e. The Morgan fingerprint density at radius 2 is 2.11 bits per heavy atom. The highest BCUT2D eigenvalue weighted by Gasteiger charge is 2.42. The maximum Gasteiger partial charge on any atom is 0.224 e. The molecule has 3 heterocycles. The third-order valence-electron chi connectivity index (χ3n) is 4.33. The van der Waals surface area contributed by atoms with Gasteiger partial charge in [0.2, 0.25) is 5.91 Å². The normalized spacial score (nSPS) is 29.7. The van der Waals surface area contributed by atoms with Crippen LogP contribution < -0.4 is 0 Å². The van der Waals surface area contributed by atoms with Gasteiger partial charge in [-0.05, 0) is 25.7 Å². The molecule has 0 spiro atoms. The molecule has 0 aliphatic carbocycles. The van der Waals surface area contributed by atoms with Crippen LogP contribution in [0.1, 0.15) is 32.1 Å². The fourth-order valence-corrected chi connectivity index (χ4v) is 3.41. The van der Waals surface area contributed by atoms with Gasteiger partial charge in [-0.2, -0.15) is 5.10 Å². The van der Waals surface area contributed by atoms with E-state index in [0.29, 0.717) is 31.2 Å². The molecule has 2 aliphatic rings. The zero-order valence-electron chi connectivity index (χ0n) is 11.2. The third-order valence-corrected chi connectivity index (χ3v) is 4.33. The number of rotatable bonds is 4. The number of amides is 1. The van der Waals surface area contributed by atoms with E-state index in [4.69, 9.17) is 4.74 Å². The topological polar surface area (TPSA) is 60.2 Å². The number of methoxy groups -OCH3 is 1. The lowest BCUT2D eigenvalue weighted by Crippen LogP contribution is -2.48. The maximum absolute atomic E-state index is 12.4. The summed E-state index contributed by atoms with van der Waals surface area (Å²) in [6, 6.07) is 0.763. The van der Waals surface area contributed by atoms with Crippen molar-refractivity contribution in [1.82, 2.24) is 19.7 Å². The van der Waals surface area contributed by atoms with Crippen LogP contribution in [0.4, 0.5) is 0 Å². The van der Waals surface area contributed by atoms with Crippen LogP contribution in [0.2, 0.25) is 0 Å². The van der Waals surface area contributed by atoms with E-state index in [2.05, 4.69) is 15.0 Å². The standard InChI is InChI=1S/C13H20N4O2/c1-19-12-6-10-2-3-11(7-12)17(10)13(18)4-5-16-9-14-8-15-16/h8-12H,2-7H2,1H3/t10-,11+,12?. The third kappa shape index (κ3) is 2.49. The minimum atomic E-state index is 0.248. The highest BCUT2D eigenvalue weighted by Crippen LogP contribution is 2.37. The number of fused-ring (bicyclic) bond motifs is 2. The summed E-state index contributed by atoms with van der Waals surface area (Å²) in [6.07, 6.45) is 8.21. The van der Waals surface area contributed by atoms with Crippen molar-refractivity contribution < 1.29 is 9.53 Å². The number of piperidine rings is 1. The van der Waals surface area contributed by atoms with Crippen LogP contribution in [-0.2, 0) is 16.1 Å². The van der Waals surface area contributed by atoms with E-state index >= 15 is 0 Å². The van der Waals surface area contributed by atoms with Crippen molar-refractivity contribution in [3.05, 3.63) is 12.7 Å². The minimum absolute atomic E-state index is 0.248. The van der Waals surface area contributed by atoms with Crippen LogP contribution in [0, 0.1) is 0 Å². The lowest BCUT2D eigenvalue weighted by atomic mass is 9.99. The second-order valence-electron chi connectivity index (χ2n) is 5.42. The van der Waals surface area contributed by atoms with Crippen molar-refractivity contribution in [3.8, 4) is 0 Å². The van der Waals surface area contributed by atoms with Crippen LogP contribution in [0.5, 0.6) is 0 Å². The second kappa shape index (κ2) is 5.28. The van der Waals surface area contributed by atoms with Gasteiger partial charge in [-0.15, -0.1) is 0 Å². The molecule has 19 heavy (non-hydrogen) atoms.